The Morgan fingerprint density at radius 2 is 1.75 bits per heavy atom. The zero-order valence-electron chi connectivity index (χ0n) is 10.8. The number of carbonyl (C=O) groups excluding carboxylic acids is 1. The molecule has 0 atom stereocenters. The maximum absolute atomic E-state index is 12.0. The van der Waals surface area contributed by atoms with Crippen molar-refractivity contribution < 1.29 is 9.90 Å². The zero-order valence-corrected chi connectivity index (χ0v) is 10.8. The fourth-order valence-electron chi connectivity index (χ4n) is 2.80. The van der Waals surface area contributed by atoms with Crippen LogP contribution in [0.3, 0.4) is 0 Å². The molecule has 1 amide bonds. The molecule has 0 saturated heterocycles. The van der Waals surface area contributed by atoms with E-state index in [-0.39, 0.29) is 34.7 Å². The first-order valence-corrected chi connectivity index (χ1v) is 6.15. The third kappa shape index (κ3) is 1.56. The van der Waals surface area contributed by atoms with Gasteiger partial charge in [-0.3, -0.25) is 4.79 Å². The molecule has 0 aromatic heterocycles. The summed E-state index contributed by atoms with van der Waals surface area (Å²) in [6, 6.07) is 0. The molecule has 2 rings (SSSR count). The van der Waals surface area contributed by atoms with Crippen LogP contribution in [0.4, 0.5) is 0 Å². The first-order chi connectivity index (χ1) is 7.27. The van der Waals surface area contributed by atoms with Crippen LogP contribution in [0.1, 0.15) is 40.5 Å². The Morgan fingerprint density at radius 3 is 2.06 bits per heavy atom. The van der Waals surface area contributed by atoms with Gasteiger partial charge < -0.3 is 10.4 Å². The topological polar surface area (TPSA) is 49.3 Å². The average Bonchev–Trinajstić information content (AvgIpc) is 3.02. The first-order valence-electron chi connectivity index (χ1n) is 6.15. The van der Waals surface area contributed by atoms with Crippen LogP contribution in [-0.4, -0.2) is 24.2 Å². The summed E-state index contributed by atoms with van der Waals surface area (Å²) in [5.74, 6) is 0.282. The second kappa shape index (κ2) is 3.22. The largest absolute Gasteiger partial charge is 0.396 e. The standard InChI is InChI=1S/C13H23NO2/c1-11(2)9(12(11,3)4)10(16)14-7-13(8-15)5-6-13/h9,15H,5-8H2,1-4H3,(H,14,16). The third-order valence-corrected chi connectivity index (χ3v) is 5.21. The molecule has 3 heteroatoms. The van der Waals surface area contributed by atoms with Crippen molar-refractivity contribution in [2.75, 3.05) is 13.2 Å². The van der Waals surface area contributed by atoms with Crippen molar-refractivity contribution in [3.63, 3.8) is 0 Å². The number of nitrogens with one attached hydrogen (secondary N) is 1. The highest BCUT2D eigenvalue weighted by Crippen LogP contribution is 2.68. The van der Waals surface area contributed by atoms with E-state index >= 15 is 0 Å². The molecule has 0 aliphatic heterocycles. The maximum Gasteiger partial charge on any atom is 0.224 e. The van der Waals surface area contributed by atoms with Crippen LogP contribution in [-0.2, 0) is 4.79 Å². The Kier molecular flexibility index (Phi) is 2.40. The highest BCUT2D eigenvalue weighted by molar-refractivity contribution is 5.84. The van der Waals surface area contributed by atoms with Crippen molar-refractivity contribution in [2.45, 2.75) is 40.5 Å². The molecule has 92 valence electrons. The number of rotatable bonds is 4. The minimum absolute atomic E-state index is 0.0127. The fourth-order valence-corrected chi connectivity index (χ4v) is 2.80. The summed E-state index contributed by atoms with van der Waals surface area (Å²) in [6.45, 7) is 9.44. The third-order valence-electron chi connectivity index (χ3n) is 5.21. The lowest BCUT2D eigenvalue weighted by atomic mass is 10.0. The maximum atomic E-state index is 12.0. The summed E-state index contributed by atoms with van der Waals surface area (Å²) in [4.78, 5) is 12.0. The summed E-state index contributed by atoms with van der Waals surface area (Å²) in [7, 11) is 0. The molecule has 2 fully saturated rings. The van der Waals surface area contributed by atoms with E-state index in [1.54, 1.807) is 0 Å². The van der Waals surface area contributed by atoms with Gasteiger partial charge in [0.1, 0.15) is 0 Å². The number of aliphatic hydroxyl groups excluding tert-OH is 1. The van der Waals surface area contributed by atoms with Crippen LogP contribution >= 0.6 is 0 Å². The van der Waals surface area contributed by atoms with Gasteiger partial charge in [-0.1, -0.05) is 27.7 Å². The van der Waals surface area contributed by atoms with Crippen molar-refractivity contribution in [1.82, 2.24) is 5.32 Å². The Morgan fingerprint density at radius 1 is 1.25 bits per heavy atom. The molecule has 0 unspecified atom stereocenters. The fraction of sp³-hybridized carbons (Fsp3) is 0.923. The highest BCUT2D eigenvalue weighted by atomic mass is 16.3. The monoisotopic (exact) mass is 225 g/mol. The van der Waals surface area contributed by atoms with Crippen LogP contribution in [0.15, 0.2) is 0 Å². The highest BCUT2D eigenvalue weighted by Gasteiger charge is 2.68. The molecule has 0 aromatic rings. The van der Waals surface area contributed by atoms with Gasteiger partial charge in [0.25, 0.3) is 0 Å². The Hall–Kier alpha value is -0.570. The molecular formula is C13H23NO2. The van der Waals surface area contributed by atoms with Gasteiger partial charge in [0.2, 0.25) is 5.91 Å². The molecular weight excluding hydrogens is 202 g/mol. The zero-order chi connectivity index (χ0) is 12.2. The van der Waals surface area contributed by atoms with Gasteiger partial charge in [-0.25, -0.2) is 0 Å². The quantitative estimate of drug-likeness (QED) is 0.763. The smallest absolute Gasteiger partial charge is 0.224 e. The van der Waals surface area contributed by atoms with Crippen molar-refractivity contribution >= 4 is 5.91 Å². The van der Waals surface area contributed by atoms with E-state index in [1.165, 1.54) is 0 Å². The van der Waals surface area contributed by atoms with Crippen molar-refractivity contribution in [1.29, 1.82) is 0 Å². The van der Waals surface area contributed by atoms with Crippen LogP contribution < -0.4 is 5.32 Å². The molecule has 2 aliphatic carbocycles. The van der Waals surface area contributed by atoms with Gasteiger partial charge in [-0.15, -0.1) is 0 Å². The number of hydrogen-bond acceptors (Lipinski definition) is 2. The number of hydrogen-bond donors (Lipinski definition) is 2. The normalized spacial score (nSPS) is 28.6. The second-order valence-electron chi connectivity index (χ2n) is 6.75. The van der Waals surface area contributed by atoms with Gasteiger partial charge in [-0.05, 0) is 23.7 Å². The van der Waals surface area contributed by atoms with Crippen molar-refractivity contribution in [3.8, 4) is 0 Å². The predicted octanol–water partition coefficient (Wildman–Crippen LogP) is 1.56. The van der Waals surface area contributed by atoms with E-state index in [0.717, 1.165) is 12.8 Å². The molecule has 2 N–H and O–H groups in total. The van der Waals surface area contributed by atoms with Crippen LogP contribution in [0.2, 0.25) is 0 Å². The molecule has 0 spiro atoms. The summed E-state index contributed by atoms with van der Waals surface area (Å²) in [5, 5.41) is 12.2. The van der Waals surface area contributed by atoms with Crippen LogP contribution in [0, 0.1) is 22.2 Å². The summed E-state index contributed by atoms with van der Waals surface area (Å²) in [5.41, 5.74) is 0.221. The SMILES string of the molecule is CC1(C)C(C(=O)NCC2(CO)CC2)C1(C)C. The van der Waals surface area contributed by atoms with E-state index in [9.17, 15) is 9.90 Å². The Labute approximate surface area is 97.6 Å². The molecule has 0 aromatic carbocycles. The lowest BCUT2D eigenvalue weighted by molar-refractivity contribution is -0.123. The molecule has 3 nitrogen and oxygen atoms in total. The second-order valence-corrected chi connectivity index (χ2v) is 6.75. The molecule has 2 aliphatic rings. The average molecular weight is 225 g/mol. The van der Waals surface area contributed by atoms with Gasteiger partial charge in [-0.2, -0.15) is 0 Å². The van der Waals surface area contributed by atoms with Crippen molar-refractivity contribution in [2.24, 2.45) is 22.2 Å². The molecule has 0 bridgehead atoms. The Bertz CT molecular complexity index is 302. The van der Waals surface area contributed by atoms with E-state index in [4.69, 9.17) is 0 Å². The predicted molar refractivity (Wildman–Crippen MR) is 62.8 cm³/mol. The summed E-state index contributed by atoms with van der Waals surface area (Å²) < 4.78 is 0. The lowest BCUT2D eigenvalue weighted by Crippen LogP contribution is -2.34. The van der Waals surface area contributed by atoms with Gasteiger partial charge in [0.15, 0.2) is 0 Å². The molecule has 16 heavy (non-hydrogen) atoms. The van der Waals surface area contributed by atoms with Gasteiger partial charge >= 0.3 is 0 Å². The summed E-state index contributed by atoms with van der Waals surface area (Å²) >= 11 is 0. The Balaban J connectivity index is 1.87. The number of amides is 1. The van der Waals surface area contributed by atoms with Crippen LogP contribution in [0.5, 0.6) is 0 Å². The molecule has 0 heterocycles. The number of aliphatic hydroxyl groups is 1. The molecule has 0 radical (unpaired) electrons. The van der Waals surface area contributed by atoms with E-state index < -0.39 is 0 Å². The summed E-state index contributed by atoms with van der Waals surface area (Å²) in [6.07, 6.45) is 2.09. The van der Waals surface area contributed by atoms with E-state index in [0.29, 0.717) is 6.54 Å². The lowest BCUT2D eigenvalue weighted by Gasteiger charge is -2.13. The van der Waals surface area contributed by atoms with Gasteiger partial charge in [0.05, 0.1) is 6.61 Å². The van der Waals surface area contributed by atoms with Crippen LogP contribution in [0.25, 0.3) is 0 Å². The minimum atomic E-state index is 0.0127. The molecule has 2 saturated carbocycles. The number of carbonyl (C=O) groups is 1. The van der Waals surface area contributed by atoms with E-state index in [1.807, 2.05) is 0 Å². The first kappa shape index (κ1) is 11.9. The van der Waals surface area contributed by atoms with E-state index in [2.05, 4.69) is 33.0 Å². The van der Waals surface area contributed by atoms with Gasteiger partial charge in [0, 0.05) is 17.9 Å². The minimum Gasteiger partial charge on any atom is -0.396 e. The van der Waals surface area contributed by atoms with Crippen molar-refractivity contribution in [3.05, 3.63) is 0 Å².